The molecule has 5 heteroatoms. The van der Waals surface area contributed by atoms with Crippen LogP contribution in [0.4, 0.5) is 5.69 Å². The molecule has 0 unspecified atom stereocenters. The van der Waals surface area contributed by atoms with Crippen molar-refractivity contribution in [3.63, 3.8) is 0 Å². The number of nitrogens with two attached hydrogens (primary N) is 1. The number of halogens is 2. The van der Waals surface area contributed by atoms with Crippen molar-refractivity contribution in [2.24, 2.45) is 5.73 Å². The maximum absolute atomic E-state index is 6.18. The zero-order valence-electron chi connectivity index (χ0n) is 9.99. The summed E-state index contributed by atoms with van der Waals surface area (Å²) in [7, 11) is 0. The molecule has 98 valence electrons. The van der Waals surface area contributed by atoms with E-state index in [1.54, 1.807) is 6.07 Å². The van der Waals surface area contributed by atoms with Gasteiger partial charge in [0.15, 0.2) is 0 Å². The lowest BCUT2D eigenvalue weighted by molar-refractivity contribution is 1.15. The average molecular weight is 356 g/mol. The number of benzene rings is 2. The van der Waals surface area contributed by atoms with E-state index in [0.29, 0.717) is 16.6 Å². The Labute approximate surface area is 131 Å². The van der Waals surface area contributed by atoms with Crippen LogP contribution in [0.5, 0.6) is 0 Å². The summed E-state index contributed by atoms with van der Waals surface area (Å²) in [6.07, 6.45) is 0. The van der Waals surface area contributed by atoms with Crippen LogP contribution >= 0.6 is 39.7 Å². The molecule has 0 aliphatic carbocycles. The zero-order chi connectivity index (χ0) is 13.8. The first kappa shape index (κ1) is 14.3. The first-order valence-corrected chi connectivity index (χ1v) is 7.22. The fourth-order valence-electron chi connectivity index (χ4n) is 1.61. The quantitative estimate of drug-likeness (QED) is 0.801. The molecule has 0 aliphatic rings. The summed E-state index contributed by atoms with van der Waals surface area (Å²) in [6, 6.07) is 13.6. The molecule has 2 rings (SSSR count). The van der Waals surface area contributed by atoms with E-state index in [2.05, 4.69) is 21.2 Å². The van der Waals surface area contributed by atoms with E-state index in [1.165, 1.54) is 5.56 Å². The van der Waals surface area contributed by atoms with Gasteiger partial charge in [0.25, 0.3) is 0 Å². The second-order valence-electron chi connectivity index (χ2n) is 4.04. The van der Waals surface area contributed by atoms with Crippen molar-refractivity contribution >= 4 is 50.4 Å². The second-order valence-corrected chi connectivity index (χ2v) is 5.80. The molecular weight excluding hydrogens is 344 g/mol. The predicted octanol–water partition coefficient (Wildman–Crippen LogP) is 4.35. The van der Waals surface area contributed by atoms with Crippen LogP contribution in [0.25, 0.3) is 0 Å². The van der Waals surface area contributed by atoms with E-state index >= 15 is 0 Å². The van der Waals surface area contributed by atoms with Gasteiger partial charge in [0.1, 0.15) is 4.99 Å². The lowest BCUT2D eigenvalue weighted by Crippen LogP contribution is -2.09. The molecule has 2 nitrogen and oxygen atoms in total. The van der Waals surface area contributed by atoms with Crippen LogP contribution in [0.2, 0.25) is 5.02 Å². The van der Waals surface area contributed by atoms with Gasteiger partial charge in [0, 0.05) is 16.6 Å². The highest BCUT2D eigenvalue weighted by Crippen LogP contribution is 2.23. The van der Waals surface area contributed by atoms with Crippen molar-refractivity contribution in [1.29, 1.82) is 0 Å². The molecule has 0 aromatic heterocycles. The summed E-state index contributed by atoms with van der Waals surface area (Å²) in [6.45, 7) is 0.708. The molecule has 0 heterocycles. The molecule has 0 bridgehead atoms. The van der Waals surface area contributed by atoms with Gasteiger partial charge in [-0.3, -0.25) is 0 Å². The van der Waals surface area contributed by atoms with E-state index in [-0.39, 0.29) is 0 Å². The Morgan fingerprint density at radius 3 is 2.47 bits per heavy atom. The molecule has 0 saturated carbocycles. The number of hydrogen-bond acceptors (Lipinski definition) is 2. The van der Waals surface area contributed by atoms with Gasteiger partial charge in [-0.15, -0.1) is 0 Å². The summed E-state index contributed by atoms with van der Waals surface area (Å²) < 4.78 is 1.06. The van der Waals surface area contributed by atoms with Crippen LogP contribution in [0.3, 0.4) is 0 Å². The van der Waals surface area contributed by atoms with Gasteiger partial charge in [-0.25, -0.2) is 0 Å². The Morgan fingerprint density at radius 1 is 1.21 bits per heavy atom. The van der Waals surface area contributed by atoms with Crippen LogP contribution in [0.1, 0.15) is 11.1 Å². The van der Waals surface area contributed by atoms with Gasteiger partial charge in [-0.1, -0.05) is 51.9 Å². The minimum absolute atomic E-state index is 0.348. The highest BCUT2D eigenvalue weighted by atomic mass is 79.9. The summed E-state index contributed by atoms with van der Waals surface area (Å²) in [4.78, 5) is 0.348. The number of anilines is 1. The van der Waals surface area contributed by atoms with Crippen molar-refractivity contribution < 1.29 is 0 Å². The van der Waals surface area contributed by atoms with Crippen LogP contribution in [-0.2, 0) is 6.54 Å². The number of nitrogens with one attached hydrogen (secondary N) is 1. The molecule has 0 fully saturated rings. The lowest BCUT2D eigenvalue weighted by Gasteiger charge is -2.10. The molecule has 2 aromatic rings. The van der Waals surface area contributed by atoms with Crippen LogP contribution in [0.15, 0.2) is 46.9 Å². The van der Waals surface area contributed by atoms with Crippen molar-refractivity contribution in [3.05, 3.63) is 63.1 Å². The molecule has 0 aliphatic heterocycles. The van der Waals surface area contributed by atoms with Crippen LogP contribution in [-0.4, -0.2) is 4.99 Å². The maximum Gasteiger partial charge on any atom is 0.104 e. The minimum Gasteiger partial charge on any atom is -0.389 e. The first-order valence-electron chi connectivity index (χ1n) is 5.64. The summed E-state index contributed by atoms with van der Waals surface area (Å²) >= 11 is 14.5. The Bertz CT molecular complexity index is 599. The highest BCUT2D eigenvalue weighted by molar-refractivity contribution is 9.10. The first-order chi connectivity index (χ1) is 9.06. The largest absolute Gasteiger partial charge is 0.389 e. The monoisotopic (exact) mass is 354 g/mol. The molecule has 0 saturated heterocycles. The summed E-state index contributed by atoms with van der Waals surface area (Å²) in [5.41, 5.74) is 8.38. The van der Waals surface area contributed by atoms with Crippen molar-refractivity contribution in [2.45, 2.75) is 6.54 Å². The highest BCUT2D eigenvalue weighted by Gasteiger charge is 2.03. The predicted molar refractivity (Wildman–Crippen MR) is 88.8 cm³/mol. The molecule has 0 spiro atoms. The average Bonchev–Trinajstić information content (AvgIpc) is 2.39. The van der Waals surface area contributed by atoms with E-state index in [9.17, 15) is 0 Å². The second kappa shape index (κ2) is 6.37. The third-order valence-electron chi connectivity index (χ3n) is 2.65. The normalized spacial score (nSPS) is 10.2. The van der Waals surface area contributed by atoms with E-state index in [0.717, 1.165) is 15.7 Å². The smallest absolute Gasteiger partial charge is 0.104 e. The number of rotatable bonds is 4. The SMILES string of the molecule is NC(=S)c1ccc(NCc2ccc(Br)cc2)c(Cl)c1. The third-order valence-corrected chi connectivity index (χ3v) is 3.73. The van der Waals surface area contributed by atoms with Crippen molar-refractivity contribution in [1.82, 2.24) is 0 Å². The van der Waals surface area contributed by atoms with Gasteiger partial charge in [-0.2, -0.15) is 0 Å². The minimum atomic E-state index is 0.348. The van der Waals surface area contributed by atoms with Crippen LogP contribution in [0, 0.1) is 0 Å². The Kier molecular flexibility index (Phi) is 4.80. The lowest BCUT2D eigenvalue weighted by atomic mass is 10.2. The fraction of sp³-hybridized carbons (Fsp3) is 0.0714. The molecule has 3 N–H and O–H groups in total. The van der Waals surface area contributed by atoms with Crippen molar-refractivity contribution in [3.8, 4) is 0 Å². The van der Waals surface area contributed by atoms with Crippen LogP contribution < -0.4 is 11.1 Å². The zero-order valence-corrected chi connectivity index (χ0v) is 13.1. The summed E-state index contributed by atoms with van der Waals surface area (Å²) in [5.74, 6) is 0. The summed E-state index contributed by atoms with van der Waals surface area (Å²) in [5, 5.41) is 3.90. The molecular formula is C14H12BrClN2S. The van der Waals surface area contributed by atoms with Gasteiger partial charge in [0.2, 0.25) is 0 Å². The fourth-order valence-corrected chi connectivity index (χ4v) is 2.25. The standard InChI is InChI=1S/C14H12BrClN2S/c15-11-4-1-9(2-5-11)8-18-13-6-3-10(14(17)19)7-12(13)16/h1-7,18H,8H2,(H2,17,19). The molecule has 0 atom stereocenters. The topological polar surface area (TPSA) is 38.0 Å². The molecule has 19 heavy (non-hydrogen) atoms. The number of thiocarbonyl (C=S) groups is 1. The van der Waals surface area contributed by atoms with E-state index in [4.69, 9.17) is 29.6 Å². The Balaban J connectivity index is 2.07. The van der Waals surface area contributed by atoms with Crippen molar-refractivity contribution in [2.75, 3.05) is 5.32 Å². The Morgan fingerprint density at radius 2 is 1.89 bits per heavy atom. The van der Waals surface area contributed by atoms with E-state index < -0.39 is 0 Å². The van der Waals surface area contributed by atoms with Gasteiger partial charge < -0.3 is 11.1 Å². The molecule has 0 amide bonds. The maximum atomic E-state index is 6.18. The van der Waals surface area contributed by atoms with Gasteiger partial charge in [-0.05, 0) is 35.9 Å². The van der Waals surface area contributed by atoms with Gasteiger partial charge in [0.05, 0.1) is 10.7 Å². The number of hydrogen-bond donors (Lipinski definition) is 2. The Hall–Kier alpha value is -1.10. The molecule has 0 radical (unpaired) electrons. The van der Waals surface area contributed by atoms with E-state index in [1.807, 2.05) is 36.4 Å². The van der Waals surface area contributed by atoms with Gasteiger partial charge >= 0.3 is 0 Å². The third kappa shape index (κ3) is 3.93. The molecule has 2 aromatic carbocycles.